The molecule has 0 fully saturated rings. The Bertz CT molecular complexity index is 539. The van der Waals surface area contributed by atoms with Crippen molar-refractivity contribution in [2.45, 2.75) is 38.9 Å². The topological polar surface area (TPSA) is 95.9 Å². The van der Waals surface area contributed by atoms with Gasteiger partial charge in [-0.2, -0.15) is 0 Å². The van der Waals surface area contributed by atoms with Gasteiger partial charge in [-0.05, 0) is 38.5 Å². The van der Waals surface area contributed by atoms with Crippen LogP contribution in [0, 0.1) is 0 Å². The second-order valence-corrected chi connectivity index (χ2v) is 5.91. The Hall–Kier alpha value is -1.79. The lowest BCUT2D eigenvalue weighted by Gasteiger charge is -2.20. The van der Waals surface area contributed by atoms with Gasteiger partial charge >= 0.3 is 12.1 Å². The number of halogens is 1. The molecular weight excluding hydrogens is 298 g/mol. The van der Waals surface area contributed by atoms with Crippen LogP contribution in [0.15, 0.2) is 18.2 Å². The van der Waals surface area contributed by atoms with Gasteiger partial charge in [0.15, 0.2) is 6.10 Å². The molecule has 0 radical (unpaired) electrons. The molecule has 1 unspecified atom stereocenters. The molecule has 1 aromatic rings. The van der Waals surface area contributed by atoms with E-state index in [4.69, 9.17) is 21.4 Å². The predicted molar refractivity (Wildman–Crippen MR) is 78.7 cm³/mol. The van der Waals surface area contributed by atoms with E-state index in [9.17, 15) is 14.7 Å². The molecule has 0 bridgehead atoms. The number of rotatable bonds is 4. The molecule has 1 rings (SSSR count). The van der Waals surface area contributed by atoms with Crippen molar-refractivity contribution in [3.63, 3.8) is 0 Å². The minimum absolute atomic E-state index is 0.0677. The summed E-state index contributed by atoms with van der Waals surface area (Å²) in [5, 5.41) is 20.6. The highest BCUT2D eigenvalue weighted by molar-refractivity contribution is 6.33. The molecule has 1 aromatic carbocycles. The lowest BCUT2D eigenvalue weighted by atomic mass is 10.1. The number of amides is 1. The number of ether oxygens (including phenoxy) is 1. The smallest absolute Gasteiger partial charge is 0.412 e. The summed E-state index contributed by atoms with van der Waals surface area (Å²) in [5.41, 5.74) is 0.270. The van der Waals surface area contributed by atoms with E-state index >= 15 is 0 Å². The highest BCUT2D eigenvalue weighted by Crippen LogP contribution is 2.24. The van der Waals surface area contributed by atoms with Crippen LogP contribution in [0.25, 0.3) is 0 Å². The summed E-state index contributed by atoms with van der Waals surface area (Å²) in [6.45, 7) is 5.22. The van der Waals surface area contributed by atoms with Gasteiger partial charge in [0.25, 0.3) is 0 Å². The van der Waals surface area contributed by atoms with Gasteiger partial charge in [-0.3, -0.25) is 5.32 Å². The van der Waals surface area contributed by atoms with E-state index in [1.165, 1.54) is 12.1 Å². The second-order valence-electron chi connectivity index (χ2n) is 5.50. The molecule has 0 aromatic heterocycles. The second kappa shape index (κ2) is 6.78. The number of carboxylic acid groups (broad SMARTS) is 1. The lowest BCUT2D eigenvalue weighted by Crippen LogP contribution is -2.27. The van der Waals surface area contributed by atoms with Crippen molar-refractivity contribution >= 4 is 29.4 Å². The van der Waals surface area contributed by atoms with Crippen molar-refractivity contribution in [3.05, 3.63) is 28.8 Å². The standard InChI is InChI=1S/C14H18ClNO5/c1-14(2,3)21-13(20)16-10-5-4-8(6-9(10)15)7-11(17)12(18)19/h4-6,11,17H,7H2,1-3H3,(H,16,20)(H,18,19). The minimum Gasteiger partial charge on any atom is -0.479 e. The van der Waals surface area contributed by atoms with Gasteiger partial charge in [-0.1, -0.05) is 17.7 Å². The van der Waals surface area contributed by atoms with Crippen LogP contribution in [0.5, 0.6) is 0 Å². The first-order valence-electron chi connectivity index (χ1n) is 6.28. The van der Waals surface area contributed by atoms with Crippen molar-refractivity contribution < 1.29 is 24.5 Å². The van der Waals surface area contributed by atoms with Crippen LogP contribution >= 0.6 is 11.6 Å². The first kappa shape index (κ1) is 17.3. The molecule has 0 aliphatic carbocycles. The molecule has 21 heavy (non-hydrogen) atoms. The molecule has 3 N–H and O–H groups in total. The third-order valence-electron chi connectivity index (χ3n) is 2.38. The maximum atomic E-state index is 11.6. The van der Waals surface area contributed by atoms with Crippen LogP contribution in [-0.2, 0) is 16.0 Å². The average Bonchev–Trinajstić information content (AvgIpc) is 2.30. The van der Waals surface area contributed by atoms with E-state index in [-0.39, 0.29) is 11.4 Å². The van der Waals surface area contributed by atoms with E-state index in [0.29, 0.717) is 11.3 Å². The van der Waals surface area contributed by atoms with Crippen molar-refractivity contribution in [3.8, 4) is 0 Å². The zero-order valence-corrected chi connectivity index (χ0v) is 12.8. The largest absolute Gasteiger partial charge is 0.479 e. The Kier molecular flexibility index (Phi) is 5.57. The zero-order valence-electron chi connectivity index (χ0n) is 12.0. The molecule has 7 heteroatoms. The third kappa shape index (κ3) is 6.01. The summed E-state index contributed by atoms with van der Waals surface area (Å²) in [4.78, 5) is 22.2. The number of carbonyl (C=O) groups is 2. The Balaban J connectivity index is 2.75. The number of anilines is 1. The number of hydrogen-bond acceptors (Lipinski definition) is 4. The first-order chi connectivity index (χ1) is 9.58. The first-order valence-corrected chi connectivity index (χ1v) is 6.65. The molecule has 0 saturated carbocycles. The Morgan fingerprint density at radius 1 is 1.38 bits per heavy atom. The Morgan fingerprint density at radius 2 is 2.00 bits per heavy atom. The van der Waals surface area contributed by atoms with E-state index < -0.39 is 23.8 Å². The van der Waals surface area contributed by atoms with Crippen LogP contribution < -0.4 is 5.32 Å². The Labute approximate surface area is 127 Å². The maximum absolute atomic E-state index is 11.6. The molecule has 0 saturated heterocycles. The number of aliphatic hydroxyl groups is 1. The molecule has 1 atom stereocenters. The average molecular weight is 316 g/mol. The van der Waals surface area contributed by atoms with Gasteiger partial charge in [-0.25, -0.2) is 9.59 Å². The fourth-order valence-corrected chi connectivity index (χ4v) is 1.76. The molecular formula is C14H18ClNO5. The summed E-state index contributed by atoms with van der Waals surface area (Å²) in [6.07, 6.45) is -2.20. The van der Waals surface area contributed by atoms with E-state index in [2.05, 4.69) is 5.32 Å². The number of nitrogens with one attached hydrogen (secondary N) is 1. The molecule has 116 valence electrons. The third-order valence-corrected chi connectivity index (χ3v) is 2.70. The fraction of sp³-hybridized carbons (Fsp3) is 0.429. The fourth-order valence-electron chi connectivity index (χ4n) is 1.51. The number of hydrogen-bond donors (Lipinski definition) is 3. The quantitative estimate of drug-likeness (QED) is 0.794. The van der Waals surface area contributed by atoms with E-state index in [0.717, 1.165) is 0 Å². The van der Waals surface area contributed by atoms with Gasteiger partial charge < -0.3 is 14.9 Å². The highest BCUT2D eigenvalue weighted by Gasteiger charge is 2.18. The van der Waals surface area contributed by atoms with Crippen molar-refractivity contribution in [2.75, 3.05) is 5.32 Å². The van der Waals surface area contributed by atoms with Crippen molar-refractivity contribution in [2.24, 2.45) is 0 Å². The molecule has 0 spiro atoms. The predicted octanol–water partition coefficient (Wildman–Crippen LogP) is 2.68. The van der Waals surface area contributed by atoms with Crippen molar-refractivity contribution in [1.29, 1.82) is 0 Å². The van der Waals surface area contributed by atoms with Crippen molar-refractivity contribution in [1.82, 2.24) is 0 Å². The van der Waals surface area contributed by atoms with E-state index in [1.54, 1.807) is 26.8 Å². The van der Waals surface area contributed by atoms with E-state index in [1.807, 2.05) is 0 Å². The normalized spacial score (nSPS) is 12.6. The number of aliphatic carboxylic acids is 1. The SMILES string of the molecule is CC(C)(C)OC(=O)Nc1ccc(CC(O)C(=O)O)cc1Cl. The molecule has 0 heterocycles. The zero-order chi connectivity index (χ0) is 16.2. The van der Waals surface area contributed by atoms with Crippen LogP contribution in [0.3, 0.4) is 0 Å². The molecule has 0 aliphatic heterocycles. The number of carbonyl (C=O) groups excluding carboxylic acids is 1. The van der Waals surface area contributed by atoms with Gasteiger partial charge in [0.1, 0.15) is 5.60 Å². The Morgan fingerprint density at radius 3 is 2.48 bits per heavy atom. The summed E-state index contributed by atoms with van der Waals surface area (Å²) in [7, 11) is 0. The van der Waals surface area contributed by atoms with Gasteiger partial charge in [0.2, 0.25) is 0 Å². The highest BCUT2D eigenvalue weighted by atomic mass is 35.5. The lowest BCUT2D eigenvalue weighted by molar-refractivity contribution is -0.146. The molecule has 6 nitrogen and oxygen atoms in total. The van der Waals surface area contributed by atoms with Crippen LogP contribution in [0.2, 0.25) is 5.02 Å². The minimum atomic E-state index is -1.49. The number of benzene rings is 1. The number of aliphatic hydroxyl groups excluding tert-OH is 1. The van der Waals surface area contributed by atoms with Crippen LogP contribution in [0.4, 0.5) is 10.5 Å². The van der Waals surface area contributed by atoms with Crippen LogP contribution in [0.1, 0.15) is 26.3 Å². The number of carboxylic acids is 1. The molecule has 0 aliphatic rings. The maximum Gasteiger partial charge on any atom is 0.412 e. The van der Waals surface area contributed by atoms with Gasteiger partial charge in [0.05, 0.1) is 10.7 Å². The summed E-state index contributed by atoms with van der Waals surface area (Å²) in [5.74, 6) is -1.30. The summed E-state index contributed by atoms with van der Waals surface area (Å²) < 4.78 is 5.10. The van der Waals surface area contributed by atoms with Crippen LogP contribution in [-0.4, -0.2) is 34.0 Å². The van der Waals surface area contributed by atoms with Gasteiger partial charge in [0, 0.05) is 6.42 Å². The summed E-state index contributed by atoms with van der Waals surface area (Å²) >= 11 is 6.01. The molecule has 1 amide bonds. The van der Waals surface area contributed by atoms with Gasteiger partial charge in [-0.15, -0.1) is 0 Å². The summed E-state index contributed by atoms with van der Waals surface area (Å²) in [6, 6.07) is 4.58. The monoisotopic (exact) mass is 315 g/mol.